The van der Waals surface area contributed by atoms with E-state index in [2.05, 4.69) is 0 Å². The van der Waals surface area contributed by atoms with E-state index in [4.69, 9.17) is 9.84 Å². The molecule has 0 bridgehead atoms. The summed E-state index contributed by atoms with van der Waals surface area (Å²) in [7, 11) is 3.39. The number of rotatable bonds is 7. The summed E-state index contributed by atoms with van der Waals surface area (Å²) >= 11 is 0. The second-order valence-electron chi connectivity index (χ2n) is 7.04. The van der Waals surface area contributed by atoms with Gasteiger partial charge in [0.2, 0.25) is 5.91 Å². The highest BCUT2D eigenvalue weighted by Gasteiger charge is 2.31. The molecule has 0 atom stereocenters. The number of benzene rings is 2. The van der Waals surface area contributed by atoms with Gasteiger partial charge in [0.15, 0.2) is 0 Å². The molecule has 5 heteroatoms. The lowest BCUT2D eigenvalue weighted by molar-refractivity contribution is -0.139. The summed E-state index contributed by atoms with van der Waals surface area (Å²) in [5, 5.41) is 8.96. The highest BCUT2D eigenvalue weighted by molar-refractivity contribution is 5.87. The molecule has 138 valence electrons. The lowest BCUT2D eigenvalue weighted by Gasteiger charge is -2.30. The number of para-hydroxylation sites is 1. The van der Waals surface area contributed by atoms with Crippen molar-refractivity contribution in [3.63, 3.8) is 0 Å². The monoisotopic (exact) mass is 355 g/mol. The van der Waals surface area contributed by atoms with Crippen LogP contribution in [0.15, 0.2) is 48.5 Å². The van der Waals surface area contributed by atoms with E-state index in [1.165, 1.54) is 0 Å². The van der Waals surface area contributed by atoms with Crippen molar-refractivity contribution in [3.8, 4) is 5.75 Å². The van der Waals surface area contributed by atoms with Gasteiger partial charge in [-0.2, -0.15) is 0 Å². The minimum absolute atomic E-state index is 0.0192. The van der Waals surface area contributed by atoms with E-state index >= 15 is 0 Å². The van der Waals surface area contributed by atoms with Crippen molar-refractivity contribution in [2.24, 2.45) is 5.41 Å². The number of amides is 1. The number of carboxylic acids is 1. The summed E-state index contributed by atoms with van der Waals surface area (Å²) < 4.78 is 5.38. The molecule has 0 radical (unpaired) electrons. The summed E-state index contributed by atoms with van der Waals surface area (Å²) in [6, 6.07) is 14.3. The molecule has 0 aliphatic heterocycles. The average Bonchev–Trinajstić information content (AvgIpc) is 2.61. The minimum Gasteiger partial charge on any atom is -0.496 e. The number of methoxy groups -OCH3 is 1. The molecule has 0 heterocycles. The first-order chi connectivity index (χ1) is 12.2. The molecule has 0 saturated heterocycles. The Morgan fingerprint density at radius 3 is 2.27 bits per heavy atom. The van der Waals surface area contributed by atoms with Crippen LogP contribution >= 0.6 is 0 Å². The fourth-order valence-corrected chi connectivity index (χ4v) is 3.02. The maximum Gasteiger partial charge on any atom is 0.335 e. The first kappa shape index (κ1) is 19.5. The molecule has 2 rings (SSSR count). The topological polar surface area (TPSA) is 66.8 Å². The van der Waals surface area contributed by atoms with Crippen LogP contribution in [0.25, 0.3) is 0 Å². The molecule has 2 aromatic carbocycles. The van der Waals surface area contributed by atoms with Crippen molar-refractivity contribution < 1.29 is 19.4 Å². The molecule has 0 aliphatic carbocycles. The summed E-state index contributed by atoms with van der Waals surface area (Å²) in [6.07, 6.45) is 0.568. The van der Waals surface area contributed by atoms with Crippen LogP contribution in [0.4, 0.5) is 0 Å². The highest BCUT2D eigenvalue weighted by atomic mass is 16.5. The molecule has 0 fully saturated rings. The summed E-state index contributed by atoms with van der Waals surface area (Å²) in [6.45, 7) is 4.27. The zero-order valence-electron chi connectivity index (χ0n) is 15.7. The predicted octanol–water partition coefficient (Wildman–Crippen LogP) is 3.62. The van der Waals surface area contributed by atoms with E-state index in [-0.39, 0.29) is 11.5 Å². The van der Waals surface area contributed by atoms with Gasteiger partial charge in [-0.25, -0.2) is 4.79 Å². The maximum absolute atomic E-state index is 12.9. The first-order valence-corrected chi connectivity index (χ1v) is 8.44. The maximum atomic E-state index is 12.9. The number of carbonyl (C=O) groups is 2. The normalized spacial score (nSPS) is 11.1. The molecule has 0 spiro atoms. The molecule has 1 N–H and O–H groups in total. The highest BCUT2D eigenvalue weighted by Crippen LogP contribution is 2.29. The first-order valence-electron chi connectivity index (χ1n) is 8.44. The van der Waals surface area contributed by atoms with Crippen molar-refractivity contribution in [3.05, 3.63) is 65.2 Å². The van der Waals surface area contributed by atoms with Gasteiger partial charge in [-0.05, 0) is 35.7 Å². The molecule has 0 aliphatic rings. The van der Waals surface area contributed by atoms with Gasteiger partial charge >= 0.3 is 5.97 Å². The Labute approximate surface area is 154 Å². The number of nitrogens with zero attached hydrogens (tertiary/aromatic N) is 1. The lowest BCUT2D eigenvalue weighted by atomic mass is 9.84. The van der Waals surface area contributed by atoms with Crippen molar-refractivity contribution in [1.82, 2.24) is 4.90 Å². The largest absolute Gasteiger partial charge is 0.496 e. The molecule has 5 nitrogen and oxygen atoms in total. The quantitative estimate of drug-likeness (QED) is 0.824. The van der Waals surface area contributed by atoms with Gasteiger partial charge in [0.1, 0.15) is 5.75 Å². The summed E-state index contributed by atoms with van der Waals surface area (Å²) in [5.74, 6) is -0.162. The number of hydrogen-bond acceptors (Lipinski definition) is 3. The molecule has 0 unspecified atom stereocenters. The molecule has 2 aromatic rings. The Kier molecular flexibility index (Phi) is 6.03. The molecule has 0 aromatic heterocycles. The van der Waals surface area contributed by atoms with E-state index in [0.717, 1.165) is 16.9 Å². The third-order valence-electron chi connectivity index (χ3n) is 4.37. The van der Waals surface area contributed by atoms with Crippen molar-refractivity contribution >= 4 is 11.9 Å². The fraction of sp³-hybridized carbons (Fsp3) is 0.333. The number of carboxylic acid groups (broad SMARTS) is 1. The number of carbonyl (C=O) groups excluding carboxylic acids is 1. The minimum atomic E-state index is -0.959. The molecule has 26 heavy (non-hydrogen) atoms. The van der Waals surface area contributed by atoms with E-state index in [1.807, 2.05) is 38.1 Å². The fourth-order valence-electron chi connectivity index (χ4n) is 3.02. The van der Waals surface area contributed by atoms with Gasteiger partial charge in [0.05, 0.1) is 12.7 Å². The molecule has 0 saturated carbocycles. The van der Waals surface area contributed by atoms with Gasteiger partial charge in [-0.15, -0.1) is 0 Å². The van der Waals surface area contributed by atoms with Crippen molar-refractivity contribution in [1.29, 1.82) is 0 Å². The van der Waals surface area contributed by atoms with E-state index in [1.54, 1.807) is 43.3 Å². The summed E-state index contributed by atoms with van der Waals surface area (Å²) in [5.41, 5.74) is 1.52. The van der Waals surface area contributed by atoms with Gasteiger partial charge in [0.25, 0.3) is 0 Å². The van der Waals surface area contributed by atoms with E-state index in [9.17, 15) is 9.59 Å². The van der Waals surface area contributed by atoms with Crippen LogP contribution in [0, 0.1) is 5.41 Å². The molecular weight excluding hydrogens is 330 g/mol. The number of ether oxygens (including phenoxy) is 1. The number of aromatic carboxylic acids is 1. The number of hydrogen-bond donors (Lipinski definition) is 1. The zero-order valence-corrected chi connectivity index (χ0v) is 15.7. The average molecular weight is 355 g/mol. The standard InChI is InChI=1S/C21H25NO4/c1-21(2,13-17-7-5-6-8-18(17)26-4)20(25)22(3)14-15-9-11-16(12-10-15)19(23)24/h5-12H,13-14H2,1-4H3,(H,23,24). The Morgan fingerprint density at radius 2 is 1.69 bits per heavy atom. The molecule has 1 amide bonds. The van der Waals surface area contributed by atoms with Crippen molar-refractivity contribution in [2.75, 3.05) is 14.2 Å². The third-order valence-corrected chi connectivity index (χ3v) is 4.37. The Morgan fingerprint density at radius 1 is 1.08 bits per heavy atom. The predicted molar refractivity (Wildman–Crippen MR) is 100 cm³/mol. The van der Waals surface area contributed by atoms with E-state index in [0.29, 0.717) is 13.0 Å². The Balaban J connectivity index is 2.09. The van der Waals surface area contributed by atoms with Gasteiger partial charge < -0.3 is 14.7 Å². The second kappa shape index (κ2) is 8.04. The smallest absolute Gasteiger partial charge is 0.335 e. The van der Waals surface area contributed by atoms with Gasteiger partial charge in [-0.1, -0.05) is 44.2 Å². The summed E-state index contributed by atoms with van der Waals surface area (Å²) in [4.78, 5) is 25.5. The zero-order chi connectivity index (χ0) is 19.3. The van der Waals surface area contributed by atoms with Crippen LogP contribution in [0.2, 0.25) is 0 Å². The van der Waals surface area contributed by atoms with Crippen molar-refractivity contribution in [2.45, 2.75) is 26.8 Å². The van der Waals surface area contributed by atoms with Crippen LogP contribution in [-0.4, -0.2) is 36.0 Å². The second-order valence-corrected chi connectivity index (χ2v) is 7.04. The van der Waals surface area contributed by atoms with Crippen LogP contribution in [-0.2, 0) is 17.8 Å². The molecular formula is C21H25NO4. The van der Waals surface area contributed by atoms with Gasteiger partial charge in [-0.3, -0.25) is 4.79 Å². The van der Waals surface area contributed by atoms with Crippen LogP contribution in [0.1, 0.15) is 35.3 Å². The third kappa shape index (κ3) is 4.63. The van der Waals surface area contributed by atoms with Gasteiger partial charge in [0, 0.05) is 19.0 Å². The Bertz CT molecular complexity index is 781. The lowest BCUT2D eigenvalue weighted by Crippen LogP contribution is -2.39. The van der Waals surface area contributed by atoms with Crippen LogP contribution in [0.5, 0.6) is 5.75 Å². The van der Waals surface area contributed by atoms with E-state index < -0.39 is 11.4 Å². The Hall–Kier alpha value is -2.82. The van der Waals surface area contributed by atoms with Crippen LogP contribution in [0.3, 0.4) is 0 Å². The SMILES string of the molecule is COc1ccccc1CC(C)(C)C(=O)N(C)Cc1ccc(C(=O)O)cc1. The van der Waals surface area contributed by atoms with Crippen LogP contribution < -0.4 is 4.74 Å².